The maximum atomic E-state index is 13.4. The number of nitrogens with zero attached hydrogens (tertiary/aromatic N) is 3. The number of carbonyl (C=O) groups excluding carboxylic acids is 1. The standard InChI is InChI=1S/C29H28FN3O3/c1-20(15-29(34)33-13-11-32(12-14-33)18-23-5-3-4-10-31-23)24-16-25-26(21-6-8-22(30)9-7-21)19-36-28(25)17-27(24)35-2/h3-10,15-17,19H,11-14,18H2,1-2H3/b20-15+. The molecule has 0 aliphatic carbocycles. The Hall–Kier alpha value is -3.97. The third kappa shape index (κ3) is 5.02. The molecule has 3 heterocycles. The summed E-state index contributed by atoms with van der Waals surface area (Å²) in [6.07, 6.45) is 5.14. The maximum absolute atomic E-state index is 13.4. The zero-order valence-electron chi connectivity index (χ0n) is 20.4. The van der Waals surface area contributed by atoms with Crippen LogP contribution in [0.5, 0.6) is 5.75 Å². The number of rotatable bonds is 6. The summed E-state index contributed by atoms with van der Waals surface area (Å²) in [4.78, 5) is 21.7. The van der Waals surface area contributed by atoms with Crippen LogP contribution in [0.15, 0.2) is 77.6 Å². The Morgan fingerprint density at radius 3 is 2.58 bits per heavy atom. The van der Waals surface area contributed by atoms with Crippen molar-refractivity contribution in [2.45, 2.75) is 13.5 Å². The molecular formula is C29H28FN3O3. The normalized spacial score (nSPS) is 14.9. The number of methoxy groups -OCH3 is 1. The van der Waals surface area contributed by atoms with Gasteiger partial charge in [-0.25, -0.2) is 4.39 Å². The summed E-state index contributed by atoms with van der Waals surface area (Å²) >= 11 is 0. The van der Waals surface area contributed by atoms with Gasteiger partial charge in [-0.2, -0.15) is 0 Å². The van der Waals surface area contributed by atoms with Gasteiger partial charge in [0.2, 0.25) is 5.91 Å². The fraction of sp³-hybridized carbons (Fsp3) is 0.241. The average molecular weight is 486 g/mol. The van der Waals surface area contributed by atoms with E-state index in [9.17, 15) is 9.18 Å². The fourth-order valence-electron chi connectivity index (χ4n) is 4.59. The van der Waals surface area contributed by atoms with Crippen molar-refractivity contribution in [2.75, 3.05) is 33.3 Å². The molecule has 2 aromatic carbocycles. The van der Waals surface area contributed by atoms with Crippen molar-refractivity contribution in [3.8, 4) is 16.9 Å². The van der Waals surface area contributed by atoms with Crippen LogP contribution in [0, 0.1) is 5.82 Å². The van der Waals surface area contributed by atoms with E-state index in [-0.39, 0.29) is 11.7 Å². The van der Waals surface area contributed by atoms with Crippen LogP contribution in [0.4, 0.5) is 4.39 Å². The van der Waals surface area contributed by atoms with Crippen LogP contribution in [0.1, 0.15) is 18.2 Å². The SMILES string of the molecule is COc1cc2occ(-c3ccc(F)cc3)c2cc1/C(C)=C/C(=O)N1CCN(Cc2ccccn2)CC1. The van der Waals surface area contributed by atoms with Gasteiger partial charge in [0.25, 0.3) is 0 Å². The number of halogens is 1. The van der Waals surface area contributed by atoms with E-state index in [1.165, 1.54) is 12.1 Å². The monoisotopic (exact) mass is 485 g/mol. The van der Waals surface area contributed by atoms with E-state index in [4.69, 9.17) is 9.15 Å². The summed E-state index contributed by atoms with van der Waals surface area (Å²) in [5.74, 6) is 0.325. The maximum Gasteiger partial charge on any atom is 0.246 e. The Kier molecular flexibility index (Phi) is 6.82. The van der Waals surface area contributed by atoms with Gasteiger partial charge in [-0.15, -0.1) is 0 Å². The molecule has 1 aliphatic heterocycles. The summed E-state index contributed by atoms with van der Waals surface area (Å²) in [6, 6.07) is 16.0. The van der Waals surface area contributed by atoms with Crippen LogP contribution in [-0.4, -0.2) is 54.0 Å². The quantitative estimate of drug-likeness (QED) is 0.343. The third-order valence-corrected chi connectivity index (χ3v) is 6.61. The second-order valence-corrected chi connectivity index (χ2v) is 8.95. The summed E-state index contributed by atoms with van der Waals surface area (Å²) in [6.45, 7) is 5.65. The van der Waals surface area contributed by atoms with E-state index in [2.05, 4.69) is 9.88 Å². The van der Waals surface area contributed by atoms with Crippen LogP contribution < -0.4 is 4.74 Å². The largest absolute Gasteiger partial charge is 0.496 e. The molecule has 0 spiro atoms. The second-order valence-electron chi connectivity index (χ2n) is 8.95. The number of pyridine rings is 1. The molecule has 4 aromatic rings. The molecule has 0 atom stereocenters. The number of hydrogen-bond acceptors (Lipinski definition) is 5. The van der Waals surface area contributed by atoms with Crippen molar-refractivity contribution in [1.29, 1.82) is 0 Å². The zero-order chi connectivity index (χ0) is 25.1. The predicted molar refractivity (Wildman–Crippen MR) is 138 cm³/mol. The molecule has 1 amide bonds. The van der Waals surface area contributed by atoms with Crippen LogP contribution in [-0.2, 0) is 11.3 Å². The van der Waals surface area contributed by atoms with Gasteiger partial charge in [-0.3, -0.25) is 14.7 Å². The highest BCUT2D eigenvalue weighted by Crippen LogP contribution is 2.37. The molecule has 6 nitrogen and oxygen atoms in total. The van der Waals surface area contributed by atoms with Gasteiger partial charge in [-0.1, -0.05) is 18.2 Å². The highest BCUT2D eigenvalue weighted by atomic mass is 19.1. The molecule has 7 heteroatoms. The van der Waals surface area contributed by atoms with Gasteiger partial charge < -0.3 is 14.1 Å². The Labute approximate surface area is 209 Å². The highest BCUT2D eigenvalue weighted by molar-refractivity contribution is 6.00. The summed E-state index contributed by atoms with van der Waals surface area (Å²) in [5, 5.41) is 0.876. The lowest BCUT2D eigenvalue weighted by molar-refractivity contribution is -0.127. The van der Waals surface area contributed by atoms with E-state index in [0.717, 1.165) is 53.0 Å². The number of carbonyl (C=O) groups is 1. The first-order valence-corrected chi connectivity index (χ1v) is 12.0. The molecule has 184 valence electrons. The minimum absolute atomic E-state index is 0.0157. The number of fused-ring (bicyclic) bond motifs is 1. The number of allylic oxidation sites excluding steroid dienone is 1. The van der Waals surface area contributed by atoms with Crippen LogP contribution >= 0.6 is 0 Å². The van der Waals surface area contributed by atoms with Gasteiger partial charge in [0, 0.05) is 67.6 Å². The van der Waals surface area contributed by atoms with Gasteiger partial charge in [0.1, 0.15) is 17.1 Å². The minimum Gasteiger partial charge on any atom is -0.496 e. The lowest BCUT2D eigenvalue weighted by atomic mass is 9.99. The van der Waals surface area contributed by atoms with Gasteiger partial charge in [-0.05, 0) is 48.4 Å². The van der Waals surface area contributed by atoms with Crippen LogP contribution in [0.3, 0.4) is 0 Å². The molecule has 36 heavy (non-hydrogen) atoms. The first-order valence-electron chi connectivity index (χ1n) is 12.0. The van der Waals surface area contributed by atoms with E-state index in [0.29, 0.717) is 24.4 Å². The number of aromatic nitrogens is 1. The van der Waals surface area contributed by atoms with Gasteiger partial charge in [0.15, 0.2) is 0 Å². The molecular weight excluding hydrogens is 457 g/mol. The summed E-state index contributed by atoms with van der Waals surface area (Å²) in [7, 11) is 1.60. The van der Waals surface area contributed by atoms with Gasteiger partial charge >= 0.3 is 0 Å². The molecule has 0 N–H and O–H groups in total. The number of piperazine rings is 1. The topological polar surface area (TPSA) is 58.8 Å². The zero-order valence-corrected chi connectivity index (χ0v) is 20.4. The number of furan rings is 1. The number of ether oxygens (including phenoxy) is 1. The van der Waals surface area contributed by atoms with E-state index >= 15 is 0 Å². The number of hydrogen-bond donors (Lipinski definition) is 0. The molecule has 1 aliphatic rings. The van der Waals surface area contributed by atoms with Gasteiger partial charge in [0.05, 0.1) is 19.1 Å². The predicted octanol–water partition coefficient (Wildman–Crippen LogP) is 5.39. The first-order chi connectivity index (χ1) is 17.5. The highest BCUT2D eigenvalue weighted by Gasteiger charge is 2.21. The number of amides is 1. The molecule has 5 rings (SSSR count). The molecule has 1 saturated heterocycles. The minimum atomic E-state index is -0.288. The lowest BCUT2D eigenvalue weighted by Crippen LogP contribution is -2.47. The average Bonchev–Trinajstić information content (AvgIpc) is 3.32. The molecule has 2 aromatic heterocycles. The van der Waals surface area contributed by atoms with Crippen molar-refractivity contribution < 1.29 is 18.3 Å². The van der Waals surface area contributed by atoms with E-state index in [1.54, 1.807) is 37.8 Å². The summed E-state index contributed by atoms with van der Waals surface area (Å²) in [5.41, 5.74) is 5.04. The molecule has 1 fully saturated rings. The molecule has 0 unspecified atom stereocenters. The van der Waals surface area contributed by atoms with E-state index < -0.39 is 0 Å². The number of benzene rings is 2. The van der Waals surface area contributed by atoms with Crippen molar-refractivity contribution in [3.63, 3.8) is 0 Å². The smallest absolute Gasteiger partial charge is 0.246 e. The van der Waals surface area contributed by atoms with Crippen molar-refractivity contribution in [2.24, 2.45) is 0 Å². The van der Waals surface area contributed by atoms with Crippen molar-refractivity contribution in [3.05, 3.63) is 90.2 Å². The second kappa shape index (κ2) is 10.3. The fourth-order valence-corrected chi connectivity index (χ4v) is 4.59. The molecule has 0 bridgehead atoms. The molecule has 0 radical (unpaired) electrons. The Morgan fingerprint density at radius 1 is 1.11 bits per heavy atom. The third-order valence-electron chi connectivity index (χ3n) is 6.61. The lowest BCUT2D eigenvalue weighted by Gasteiger charge is -2.34. The van der Waals surface area contributed by atoms with Crippen molar-refractivity contribution >= 4 is 22.4 Å². The Balaban J connectivity index is 1.34. The van der Waals surface area contributed by atoms with Crippen molar-refractivity contribution in [1.82, 2.24) is 14.8 Å². The van der Waals surface area contributed by atoms with Crippen LogP contribution in [0.2, 0.25) is 0 Å². The first kappa shape index (κ1) is 23.8. The van der Waals surface area contributed by atoms with Crippen LogP contribution in [0.25, 0.3) is 27.7 Å². The molecule has 0 saturated carbocycles. The summed E-state index contributed by atoms with van der Waals surface area (Å²) < 4.78 is 24.8. The Bertz CT molecular complexity index is 1390. The Morgan fingerprint density at radius 2 is 1.89 bits per heavy atom. The van der Waals surface area contributed by atoms with E-state index in [1.807, 2.05) is 42.2 Å².